The van der Waals surface area contributed by atoms with Crippen LogP contribution in [0.25, 0.3) is 0 Å². The molecule has 0 bridgehead atoms. The van der Waals surface area contributed by atoms with E-state index in [1.807, 2.05) is 14.0 Å². The smallest absolute Gasteiger partial charge is 0.248 e. The fraction of sp³-hybridized carbons (Fsp3) is 0.875. The SMILES string of the molecule is CCOCC(=O)N(C)CCNC. The van der Waals surface area contributed by atoms with E-state index in [4.69, 9.17) is 4.74 Å². The summed E-state index contributed by atoms with van der Waals surface area (Å²) in [4.78, 5) is 12.8. The highest BCUT2D eigenvalue weighted by Gasteiger charge is 2.06. The molecule has 0 radical (unpaired) electrons. The standard InChI is InChI=1S/C8H18N2O2/c1-4-12-7-8(11)10(3)6-5-9-2/h9H,4-7H2,1-3H3. The van der Waals surface area contributed by atoms with E-state index in [9.17, 15) is 4.79 Å². The second-order valence-corrected chi connectivity index (χ2v) is 2.56. The Balaban J connectivity index is 3.47. The molecule has 72 valence electrons. The van der Waals surface area contributed by atoms with Crippen molar-refractivity contribution in [1.82, 2.24) is 10.2 Å². The fourth-order valence-corrected chi connectivity index (χ4v) is 0.704. The van der Waals surface area contributed by atoms with E-state index in [1.165, 1.54) is 0 Å². The number of amides is 1. The first kappa shape index (κ1) is 11.4. The van der Waals surface area contributed by atoms with Gasteiger partial charge >= 0.3 is 0 Å². The van der Waals surface area contributed by atoms with Crippen LogP contribution >= 0.6 is 0 Å². The zero-order valence-electron chi connectivity index (χ0n) is 8.09. The highest BCUT2D eigenvalue weighted by atomic mass is 16.5. The van der Waals surface area contributed by atoms with Crippen LogP contribution in [0.3, 0.4) is 0 Å². The lowest BCUT2D eigenvalue weighted by molar-refractivity contribution is -0.134. The van der Waals surface area contributed by atoms with Gasteiger partial charge < -0.3 is 15.0 Å². The fourth-order valence-electron chi connectivity index (χ4n) is 0.704. The third kappa shape index (κ3) is 5.09. The lowest BCUT2D eigenvalue weighted by Crippen LogP contribution is -2.35. The Labute approximate surface area is 73.9 Å². The van der Waals surface area contributed by atoms with Gasteiger partial charge in [-0.25, -0.2) is 0 Å². The number of ether oxygens (including phenoxy) is 1. The van der Waals surface area contributed by atoms with Crippen molar-refractivity contribution >= 4 is 5.91 Å². The Kier molecular flexibility index (Phi) is 6.70. The van der Waals surface area contributed by atoms with E-state index in [1.54, 1.807) is 11.9 Å². The molecule has 0 fully saturated rings. The van der Waals surface area contributed by atoms with Crippen molar-refractivity contribution < 1.29 is 9.53 Å². The van der Waals surface area contributed by atoms with E-state index >= 15 is 0 Å². The van der Waals surface area contributed by atoms with Gasteiger partial charge in [-0.1, -0.05) is 0 Å². The number of nitrogens with one attached hydrogen (secondary N) is 1. The van der Waals surface area contributed by atoms with Crippen molar-refractivity contribution in [2.24, 2.45) is 0 Å². The molecule has 4 nitrogen and oxygen atoms in total. The molecule has 0 aromatic heterocycles. The van der Waals surface area contributed by atoms with E-state index in [2.05, 4.69) is 5.32 Å². The maximum Gasteiger partial charge on any atom is 0.248 e. The Bertz CT molecular complexity index is 128. The van der Waals surface area contributed by atoms with Crippen LogP contribution in [0.4, 0.5) is 0 Å². The summed E-state index contributed by atoms with van der Waals surface area (Å²) >= 11 is 0. The average molecular weight is 174 g/mol. The lowest BCUT2D eigenvalue weighted by atomic mass is 10.5. The minimum Gasteiger partial charge on any atom is -0.372 e. The summed E-state index contributed by atoms with van der Waals surface area (Å²) < 4.78 is 4.98. The van der Waals surface area contributed by atoms with Gasteiger partial charge in [0.05, 0.1) is 0 Å². The minimum absolute atomic E-state index is 0.0344. The van der Waals surface area contributed by atoms with Crippen molar-refractivity contribution in [3.63, 3.8) is 0 Å². The van der Waals surface area contributed by atoms with Gasteiger partial charge in [-0.15, -0.1) is 0 Å². The molecule has 0 aromatic rings. The zero-order chi connectivity index (χ0) is 9.40. The van der Waals surface area contributed by atoms with Crippen molar-refractivity contribution in [2.75, 3.05) is 40.4 Å². The number of carbonyl (C=O) groups is 1. The number of rotatable bonds is 6. The second kappa shape index (κ2) is 7.06. The number of nitrogens with zero attached hydrogens (tertiary/aromatic N) is 1. The van der Waals surface area contributed by atoms with Gasteiger partial charge in [0.2, 0.25) is 5.91 Å². The summed E-state index contributed by atoms with van der Waals surface area (Å²) in [6.07, 6.45) is 0. The van der Waals surface area contributed by atoms with Crippen molar-refractivity contribution in [1.29, 1.82) is 0 Å². The maximum atomic E-state index is 11.2. The predicted molar refractivity (Wildman–Crippen MR) is 48.1 cm³/mol. The summed E-state index contributed by atoms with van der Waals surface area (Å²) in [5, 5.41) is 2.97. The first-order chi connectivity index (χ1) is 5.72. The molecule has 1 N–H and O–H groups in total. The van der Waals surface area contributed by atoms with Crippen LogP contribution in [0.2, 0.25) is 0 Å². The monoisotopic (exact) mass is 174 g/mol. The molecular formula is C8H18N2O2. The van der Waals surface area contributed by atoms with E-state index in [0.717, 1.165) is 13.1 Å². The molecule has 0 rings (SSSR count). The van der Waals surface area contributed by atoms with Crippen LogP contribution < -0.4 is 5.32 Å². The van der Waals surface area contributed by atoms with E-state index in [-0.39, 0.29) is 12.5 Å². The lowest BCUT2D eigenvalue weighted by Gasteiger charge is -2.16. The molecule has 12 heavy (non-hydrogen) atoms. The highest BCUT2D eigenvalue weighted by Crippen LogP contribution is 1.85. The number of hydrogen-bond acceptors (Lipinski definition) is 3. The molecule has 4 heteroatoms. The Morgan fingerprint density at radius 3 is 2.75 bits per heavy atom. The van der Waals surface area contributed by atoms with Gasteiger partial charge in [-0.2, -0.15) is 0 Å². The first-order valence-electron chi connectivity index (χ1n) is 4.18. The molecule has 0 saturated heterocycles. The highest BCUT2D eigenvalue weighted by molar-refractivity contribution is 5.77. The molecule has 0 saturated carbocycles. The van der Waals surface area contributed by atoms with Crippen molar-refractivity contribution in [3.05, 3.63) is 0 Å². The van der Waals surface area contributed by atoms with Crippen LogP contribution in [0.5, 0.6) is 0 Å². The maximum absolute atomic E-state index is 11.2. The summed E-state index contributed by atoms with van der Waals surface area (Å²) in [7, 11) is 3.64. The molecule has 0 aliphatic heterocycles. The summed E-state index contributed by atoms with van der Waals surface area (Å²) in [6, 6.07) is 0. The number of likely N-dealkylation sites (N-methyl/N-ethyl adjacent to an activating group) is 2. The second-order valence-electron chi connectivity index (χ2n) is 2.56. The zero-order valence-corrected chi connectivity index (χ0v) is 8.09. The van der Waals surface area contributed by atoms with Crippen LogP contribution in [0.15, 0.2) is 0 Å². The summed E-state index contributed by atoms with van der Waals surface area (Å²) in [5.74, 6) is 0.0344. The van der Waals surface area contributed by atoms with Crippen LogP contribution in [0, 0.1) is 0 Å². The van der Waals surface area contributed by atoms with Crippen LogP contribution in [0.1, 0.15) is 6.92 Å². The number of hydrogen-bond donors (Lipinski definition) is 1. The third-order valence-corrected chi connectivity index (χ3v) is 1.55. The predicted octanol–water partition coefficient (Wildman–Crippen LogP) is -0.299. The quantitative estimate of drug-likeness (QED) is 0.601. The first-order valence-corrected chi connectivity index (χ1v) is 4.18. The minimum atomic E-state index is 0.0344. The largest absolute Gasteiger partial charge is 0.372 e. The van der Waals surface area contributed by atoms with Gasteiger partial charge in [-0.05, 0) is 14.0 Å². The molecule has 0 atom stereocenters. The molecule has 0 spiro atoms. The topological polar surface area (TPSA) is 41.6 Å². The average Bonchev–Trinajstić information content (AvgIpc) is 2.10. The van der Waals surface area contributed by atoms with Gasteiger partial charge in [0.15, 0.2) is 0 Å². The molecular weight excluding hydrogens is 156 g/mol. The molecule has 0 heterocycles. The summed E-state index contributed by atoms with van der Waals surface area (Å²) in [5.41, 5.74) is 0. The Hall–Kier alpha value is -0.610. The van der Waals surface area contributed by atoms with Crippen molar-refractivity contribution in [2.45, 2.75) is 6.92 Å². The normalized spacial score (nSPS) is 9.92. The molecule has 0 aromatic carbocycles. The molecule has 1 amide bonds. The van der Waals surface area contributed by atoms with E-state index in [0.29, 0.717) is 6.61 Å². The van der Waals surface area contributed by atoms with Crippen LogP contribution in [-0.4, -0.2) is 51.2 Å². The van der Waals surface area contributed by atoms with Crippen LogP contribution in [-0.2, 0) is 9.53 Å². The van der Waals surface area contributed by atoms with Gasteiger partial charge in [0.1, 0.15) is 6.61 Å². The van der Waals surface area contributed by atoms with Crippen molar-refractivity contribution in [3.8, 4) is 0 Å². The number of carbonyl (C=O) groups excluding carboxylic acids is 1. The van der Waals surface area contributed by atoms with Gasteiger partial charge in [-0.3, -0.25) is 4.79 Å². The Morgan fingerprint density at radius 2 is 2.25 bits per heavy atom. The van der Waals surface area contributed by atoms with E-state index < -0.39 is 0 Å². The van der Waals surface area contributed by atoms with Gasteiger partial charge in [0, 0.05) is 26.7 Å². The molecule has 0 unspecified atom stereocenters. The molecule has 0 aliphatic rings. The summed E-state index contributed by atoms with van der Waals surface area (Å²) in [6.45, 7) is 4.19. The Morgan fingerprint density at radius 1 is 1.58 bits per heavy atom. The third-order valence-electron chi connectivity index (χ3n) is 1.55. The van der Waals surface area contributed by atoms with Gasteiger partial charge in [0.25, 0.3) is 0 Å². The molecule has 0 aliphatic carbocycles.